The lowest BCUT2D eigenvalue weighted by Gasteiger charge is -2.14. The fourth-order valence-corrected chi connectivity index (χ4v) is 0.756. The summed E-state index contributed by atoms with van der Waals surface area (Å²) in [5, 5.41) is 0. The fourth-order valence-electron chi connectivity index (χ4n) is 0.756. The lowest BCUT2D eigenvalue weighted by molar-refractivity contribution is -0.259. The summed E-state index contributed by atoms with van der Waals surface area (Å²) in [6, 6.07) is 0. The molecule has 9 heteroatoms. The van der Waals surface area contributed by atoms with Crippen molar-refractivity contribution in [2.45, 2.75) is 23.9 Å². The summed E-state index contributed by atoms with van der Waals surface area (Å²) < 4.78 is 106. The Kier molecular flexibility index (Phi) is 2.12. The van der Waals surface area contributed by atoms with E-state index in [-0.39, 0.29) is 0 Å². The van der Waals surface area contributed by atoms with E-state index in [0.29, 0.717) is 0 Å². The molecule has 0 saturated heterocycles. The van der Waals surface area contributed by atoms with Gasteiger partial charge >= 0.3 is 23.9 Å². The molecule has 0 aromatic rings. The smallest absolute Gasteiger partial charge is 0.194 e. The zero-order valence-electron chi connectivity index (χ0n) is 6.48. The number of hydrogen-bond donors (Lipinski definition) is 0. The van der Waals surface area contributed by atoms with Gasteiger partial charge < -0.3 is 0 Å². The zero-order valence-corrected chi connectivity index (χ0v) is 6.48. The van der Waals surface area contributed by atoms with Crippen molar-refractivity contribution >= 4 is 0 Å². The zero-order chi connectivity index (χ0) is 12.3. The average Bonchev–Trinajstić information content (AvgIpc) is 2.29. The van der Waals surface area contributed by atoms with Crippen LogP contribution in [0.5, 0.6) is 0 Å². The minimum absolute atomic E-state index is 1.44. The number of rotatable bonds is 1. The van der Waals surface area contributed by atoms with E-state index in [0.717, 1.165) is 0 Å². The van der Waals surface area contributed by atoms with Crippen molar-refractivity contribution in [3.05, 3.63) is 11.6 Å². The molecule has 0 aromatic heterocycles. The molecule has 1 saturated carbocycles. The Morgan fingerprint density at radius 3 is 1.33 bits per heavy atom. The van der Waals surface area contributed by atoms with Crippen LogP contribution in [-0.4, -0.2) is 23.9 Å². The summed E-state index contributed by atoms with van der Waals surface area (Å²) in [5.41, 5.74) is -2.50. The molecule has 0 nitrogen and oxygen atoms in total. The molecule has 0 heterocycles. The lowest BCUT2D eigenvalue weighted by atomic mass is 10.3. The first-order chi connectivity index (χ1) is 6.34. The first-order valence-corrected chi connectivity index (χ1v) is 3.28. The predicted molar refractivity (Wildman–Crippen MR) is 29.0 cm³/mol. The van der Waals surface area contributed by atoms with E-state index in [4.69, 9.17) is 0 Å². The maximum atomic E-state index is 12.0. The standard InChI is InChI=1S/C6HF9/c7-3(8,6(13,14)15)1-2-4(9,10)5(2,11)12/h1H. The molecule has 0 amide bonds. The van der Waals surface area contributed by atoms with E-state index in [2.05, 4.69) is 0 Å². The van der Waals surface area contributed by atoms with Crippen LogP contribution < -0.4 is 0 Å². The highest BCUT2D eigenvalue weighted by Gasteiger charge is 2.82. The first kappa shape index (κ1) is 12.2. The minimum atomic E-state index is -6.17. The lowest BCUT2D eigenvalue weighted by Crippen LogP contribution is -2.34. The third-order valence-electron chi connectivity index (χ3n) is 1.71. The largest absolute Gasteiger partial charge is 0.457 e. The van der Waals surface area contributed by atoms with E-state index in [1.807, 2.05) is 0 Å². The Hall–Kier alpha value is -0.890. The molecule has 1 rings (SSSR count). The van der Waals surface area contributed by atoms with Gasteiger partial charge in [0.05, 0.1) is 5.57 Å². The number of allylic oxidation sites excluding steroid dienone is 2. The minimum Gasteiger partial charge on any atom is -0.194 e. The molecule has 0 N–H and O–H groups in total. The quantitative estimate of drug-likeness (QED) is 0.490. The third-order valence-corrected chi connectivity index (χ3v) is 1.71. The predicted octanol–water partition coefficient (Wildman–Crippen LogP) is 3.39. The molecule has 15 heavy (non-hydrogen) atoms. The molecule has 0 radical (unpaired) electrons. The second-order valence-electron chi connectivity index (χ2n) is 2.83. The number of halogens is 9. The van der Waals surface area contributed by atoms with Crippen molar-refractivity contribution in [1.29, 1.82) is 0 Å². The van der Waals surface area contributed by atoms with Gasteiger partial charge in [0.1, 0.15) is 0 Å². The normalized spacial score (nSPS) is 23.9. The highest BCUT2D eigenvalue weighted by atomic mass is 19.4. The summed E-state index contributed by atoms with van der Waals surface area (Å²) in [5.74, 6) is -15.5. The molecular weight excluding hydrogens is 243 g/mol. The molecular formula is C6HF9. The van der Waals surface area contributed by atoms with Gasteiger partial charge in [-0.3, -0.25) is 0 Å². The van der Waals surface area contributed by atoms with Gasteiger partial charge in [0, 0.05) is 6.08 Å². The monoisotopic (exact) mass is 244 g/mol. The summed E-state index contributed by atoms with van der Waals surface area (Å²) >= 11 is 0. The van der Waals surface area contributed by atoms with Gasteiger partial charge in [-0.05, 0) is 0 Å². The SMILES string of the molecule is FC(F)(F)C(F)(F)C=C1C(F)(F)C1(F)F. The second-order valence-corrected chi connectivity index (χ2v) is 2.83. The van der Waals surface area contributed by atoms with Gasteiger partial charge in [0.25, 0.3) is 0 Å². The Balaban J connectivity index is 3.03. The molecule has 0 spiro atoms. The Morgan fingerprint density at radius 1 is 0.800 bits per heavy atom. The van der Waals surface area contributed by atoms with Crippen molar-refractivity contribution in [1.82, 2.24) is 0 Å². The van der Waals surface area contributed by atoms with E-state index in [1.165, 1.54) is 0 Å². The van der Waals surface area contributed by atoms with Crippen LogP contribution in [0.2, 0.25) is 0 Å². The molecule has 1 fully saturated rings. The van der Waals surface area contributed by atoms with Crippen LogP contribution in [0.15, 0.2) is 11.6 Å². The van der Waals surface area contributed by atoms with Crippen LogP contribution in [0.3, 0.4) is 0 Å². The maximum absolute atomic E-state index is 12.0. The third kappa shape index (κ3) is 1.57. The fraction of sp³-hybridized carbons (Fsp3) is 0.667. The Labute approximate surface area is 76.4 Å². The molecule has 0 bridgehead atoms. The van der Waals surface area contributed by atoms with Gasteiger partial charge in [-0.25, -0.2) is 0 Å². The topological polar surface area (TPSA) is 0 Å². The van der Waals surface area contributed by atoms with Gasteiger partial charge in [-0.15, -0.1) is 0 Å². The van der Waals surface area contributed by atoms with E-state index in [1.54, 1.807) is 0 Å². The van der Waals surface area contributed by atoms with Crippen LogP contribution in [-0.2, 0) is 0 Å². The Bertz CT molecular complexity index is 291. The molecule has 0 atom stereocenters. The van der Waals surface area contributed by atoms with E-state index < -0.39 is 35.6 Å². The average molecular weight is 244 g/mol. The number of alkyl halides is 9. The molecule has 0 aliphatic heterocycles. The van der Waals surface area contributed by atoms with Crippen LogP contribution >= 0.6 is 0 Å². The highest BCUT2D eigenvalue weighted by molar-refractivity contribution is 5.46. The van der Waals surface area contributed by atoms with Crippen molar-refractivity contribution < 1.29 is 39.5 Å². The van der Waals surface area contributed by atoms with E-state index in [9.17, 15) is 39.5 Å². The summed E-state index contributed by atoms with van der Waals surface area (Å²) in [6.45, 7) is 0. The summed E-state index contributed by atoms with van der Waals surface area (Å²) in [7, 11) is 0. The summed E-state index contributed by atoms with van der Waals surface area (Å²) in [4.78, 5) is 0. The van der Waals surface area contributed by atoms with Crippen LogP contribution in [0.1, 0.15) is 0 Å². The van der Waals surface area contributed by atoms with Crippen molar-refractivity contribution in [2.24, 2.45) is 0 Å². The van der Waals surface area contributed by atoms with E-state index >= 15 is 0 Å². The summed E-state index contributed by atoms with van der Waals surface area (Å²) in [6.07, 6.45) is -7.61. The van der Waals surface area contributed by atoms with Crippen molar-refractivity contribution in [2.75, 3.05) is 0 Å². The maximum Gasteiger partial charge on any atom is 0.457 e. The first-order valence-electron chi connectivity index (χ1n) is 3.28. The molecule has 0 unspecified atom stereocenters. The van der Waals surface area contributed by atoms with Crippen molar-refractivity contribution in [3.63, 3.8) is 0 Å². The molecule has 1 aliphatic carbocycles. The second kappa shape index (κ2) is 2.62. The highest BCUT2D eigenvalue weighted by Crippen LogP contribution is 2.63. The van der Waals surface area contributed by atoms with Crippen molar-refractivity contribution in [3.8, 4) is 0 Å². The Morgan fingerprint density at radius 2 is 1.13 bits per heavy atom. The molecule has 0 aromatic carbocycles. The van der Waals surface area contributed by atoms with Gasteiger partial charge in [0.15, 0.2) is 0 Å². The van der Waals surface area contributed by atoms with Gasteiger partial charge in [-0.2, -0.15) is 39.5 Å². The molecule has 1 aliphatic rings. The van der Waals surface area contributed by atoms with Crippen LogP contribution in [0.4, 0.5) is 39.5 Å². The van der Waals surface area contributed by atoms with Gasteiger partial charge in [0.2, 0.25) is 0 Å². The molecule has 88 valence electrons. The van der Waals surface area contributed by atoms with Crippen LogP contribution in [0, 0.1) is 0 Å². The van der Waals surface area contributed by atoms with Gasteiger partial charge in [-0.1, -0.05) is 0 Å². The number of hydrogen-bond acceptors (Lipinski definition) is 0. The van der Waals surface area contributed by atoms with Crippen LogP contribution in [0.25, 0.3) is 0 Å².